The highest BCUT2D eigenvalue weighted by atomic mass is 79.9. The summed E-state index contributed by atoms with van der Waals surface area (Å²) in [6, 6.07) is 5.65. The number of aliphatic hydroxyl groups is 1. The van der Waals surface area contributed by atoms with Gasteiger partial charge in [0.15, 0.2) is 0 Å². The largest absolute Gasteiger partial charge is 0.493 e. The van der Waals surface area contributed by atoms with Gasteiger partial charge in [-0.25, -0.2) is 4.98 Å². The number of halogens is 1. The van der Waals surface area contributed by atoms with Gasteiger partial charge in [-0.3, -0.25) is 0 Å². The van der Waals surface area contributed by atoms with Gasteiger partial charge in [0.2, 0.25) is 0 Å². The number of aryl methyl sites for hydroxylation is 1. The van der Waals surface area contributed by atoms with E-state index in [2.05, 4.69) is 20.9 Å². The summed E-state index contributed by atoms with van der Waals surface area (Å²) in [5.74, 6) is 1.70. The van der Waals surface area contributed by atoms with Gasteiger partial charge < -0.3 is 14.4 Å². The van der Waals surface area contributed by atoms with Gasteiger partial charge in [0, 0.05) is 35.9 Å². The zero-order valence-electron chi connectivity index (χ0n) is 11.0. The van der Waals surface area contributed by atoms with Gasteiger partial charge in [-0.2, -0.15) is 0 Å². The molecule has 1 aromatic heterocycles. The summed E-state index contributed by atoms with van der Waals surface area (Å²) in [6.45, 7) is 2.26. The topological polar surface area (TPSA) is 47.3 Å². The Morgan fingerprint density at radius 3 is 2.89 bits per heavy atom. The first-order valence-corrected chi connectivity index (χ1v) is 6.93. The zero-order valence-corrected chi connectivity index (χ0v) is 12.6. The SMILES string of the molecule is CC(O)c1cc(Br)ccc1OCCc1nccn1C. The second kappa shape index (κ2) is 6.21. The Morgan fingerprint density at radius 1 is 1.47 bits per heavy atom. The molecule has 1 N–H and O–H groups in total. The molecule has 0 saturated carbocycles. The van der Waals surface area contributed by atoms with E-state index in [-0.39, 0.29) is 0 Å². The molecule has 102 valence electrons. The molecule has 19 heavy (non-hydrogen) atoms. The Hall–Kier alpha value is -1.33. The summed E-state index contributed by atoms with van der Waals surface area (Å²) >= 11 is 3.39. The molecule has 1 atom stereocenters. The van der Waals surface area contributed by atoms with Crippen molar-refractivity contribution in [2.75, 3.05) is 6.61 Å². The van der Waals surface area contributed by atoms with E-state index in [9.17, 15) is 5.11 Å². The van der Waals surface area contributed by atoms with Crippen LogP contribution in [-0.4, -0.2) is 21.3 Å². The molecule has 5 heteroatoms. The molecule has 1 aromatic carbocycles. The minimum Gasteiger partial charge on any atom is -0.493 e. The van der Waals surface area contributed by atoms with Crippen LogP contribution in [0.25, 0.3) is 0 Å². The molecule has 1 unspecified atom stereocenters. The van der Waals surface area contributed by atoms with E-state index >= 15 is 0 Å². The Bertz CT molecular complexity index is 552. The van der Waals surface area contributed by atoms with Crippen LogP contribution in [0.1, 0.15) is 24.4 Å². The first kappa shape index (κ1) is 14.1. The molecule has 0 aliphatic heterocycles. The number of rotatable bonds is 5. The molecule has 1 heterocycles. The highest BCUT2D eigenvalue weighted by molar-refractivity contribution is 9.10. The minimum absolute atomic E-state index is 0.534. The van der Waals surface area contributed by atoms with Crippen molar-refractivity contribution in [3.8, 4) is 5.75 Å². The third-order valence-corrected chi connectivity index (χ3v) is 3.42. The second-order valence-corrected chi connectivity index (χ2v) is 5.33. The lowest BCUT2D eigenvalue weighted by atomic mass is 10.1. The molecule has 0 aliphatic carbocycles. The van der Waals surface area contributed by atoms with E-state index < -0.39 is 6.10 Å². The molecular weight excluding hydrogens is 308 g/mol. The Labute approximate surface area is 121 Å². The average molecular weight is 325 g/mol. The maximum absolute atomic E-state index is 9.74. The first-order chi connectivity index (χ1) is 9.08. The van der Waals surface area contributed by atoms with E-state index in [0.717, 1.165) is 22.3 Å². The Kier molecular flexibility index (Phi) is 4.61. The maximum atomic E-state index is 9.74. The van der Waals surface area contributed by atoms with Gasteiger partial charge in [-0.1, -0.05) is 15.9 Å². The van der Waals surface area contributed by atoms with Gasteiger partial charge in [0.1, 0.15) is 11.6 Å². The van der Waals surface area contributed by atoms with Crippen LogP contribution in [0.15, 0.2) is 35.1 Å². The van der Waals surface area contributed by atoms with Crippen molar-refractivity contribution in [2.45, 2.75) is 19.4 Å². The van der Waals surface area contributed by atoms with Crippen LogP contribution in [0, 0.1) is 0 Å². The van der Waals surface area contributed by atoms with Gasteiger partial charge >= 0.3 is 0 Å². The fourth-order valence-corrected chi connectivity index (χ4v) is 2.25. The molecule has 0 bridgehead atoms. The predicted molar refractivity (Wildman–Crippen MR) is 77.2 cm³/mol. The number of ether oxygens (including phenoxy) is 1. The smallest absolute Gasteiger partial charge is 0.125 e. The average Bonchev–Trinajstić information content (AvgIpc) is 2.77. The van der Waals surface area contributed by atoms with Crippen molar-refractivity contribution in [3.05, 3.63) is 46.5 Å². The standard InChI is InChI=1S/C14H17BrN2O2/c1-10(18)12-9-11(15)3-4-13(12)19-8-5-14-16-6-7-17(14)2/h3-4,6-7,9-10,18H,5,8H2,1-2H3. The highest BCUT2D eigenvalue weighted by Gasteiger charge is 2.10. The Balaban J connectivity index is 2.01. The van der Waals surface area contributed by atoms with Crippen LogP contribution in [0.3, 0.4) is 0 Å². The van der Waals surface area contributed by atoms with Crippen molar-refractivity contribution >= 4 is 15.9 Å². The first-order valence-electron chi connectivity index (χ1n) is 6.14. The molecule has 0 spiro atoms. The lowest BCUT2D eigenvalue weighted by molar-refractivity contribution is 0.191. The van der Waals surface area contributed by atoms with Crippen LogP contribution in [-0.2, 0) is 13.5 Å². The predicted octanol–water partition coefficient (Wildman–Crippen LogP) is 2.86. The van der Waals surface area contributed by atoms with Gasteiger partial charge in [0.05, 0.1) is 12.7 Å². The third-order valence-electron chi connectivity index (χ3n) is 2.93. The number of aromatic nitrogens is 2. The van der Waals surface area contributed by atoms with Gasteiger partial charge in [0.25, 0.3) is 0 Å². The van der Waals surface area contributed by atoms with E-state index in [0.29, 0.717) is 12.4 Å². The molecule has 0 amide bonds. The summed E-state index contributed by atoms with van der Waals surface area (Å²) in [5, 5.41) is 9.74. The molecular formula is C14H17BrN2O2. The number of aliphatic hydroxyl groups excluding tert-OH is 1. The Morgan fingerprint density at radius 2 is 2.26 bits per heavy atom. The second-order valence-electron chi connectivity index (χ2n) is 4.41. The maximum Gasteiger partial charge on any atom is 0.125 e. The third kappa shape index (κ3) is 3.58. The van der Waals surface area contributed by atoms with Crippen LogP contribution >= 0.6 is 15.9 Å². The molecule has 0 saturated heterocycles. The number of imidazole rings is 1. The summed E-state index contributed by atoms with van der Waals surface area (Å²) in [4.78, 5) is 4.24. The quantitative estimate of drug-likeness (QED) is 0.919. The minimum atomic E-state index is -0.555. The molecule has 0 radical (unpaired) electrons. The molecule has 0 fully saturated rings. The zero-order chi connectivity index (χ0) is 13.8. The van der Waals surface area contributed by atoms with Crippen molar-refractivity contribution in [3.63, 3.8) is 0 Å². The fraction of sp³-hybridized carbons (Fsp3) is 0.357. The molecule has 2 rings (SSSR count). The van der Waals surface area contributed by atoms with Crippen LogP contribution in [0.4, 0.5) is 0 Å². The summed E-state index contributed by atoms with van der Waals surface area (Å²) in [7, 11) is 1.96. The van der Waals surface area contributed by atoms with Crippen molar-refractivity contribution in [2.24, 2.45) is 7.05 Å². The van der Waals surface area contributed by atoms with E-state index in [4.69, 9.17) is 4.74 Å². The number of benzene rings is 1. The molecule has 4 nitrogen and oxygen atoms in total. The van der Waals surface area contributed by atoms with Crippen molar-refractivity contribution < 1.29 is 9.84 Å². The summed E-state index contributed by atoms with van der Waals surface area (Å²) in [6.07, 6.45) is 3.87. The van der Waals surface area contributed by atoms with Gasteiger partial charge in [-0.05, 0) is 25.1 Å². The molecule has 2 aromatic rings. The summed E-state index contributed by atoms with van der Waals surface area (Å²) in [5.41, 5.74) is 0.786. The number of hydrogen-bond acceptors (Lipinski definition) is 3. The van der Waals surface area contributed by atoms with Crippen molar-refractivity contribution in [1.82, 2.24) is 9.55 Å². The van der Waals surface area contributed by atoms with E-state index in [1.807, 2.05) is 36.0 Å². The lowest BCUT2D eigenvalue weighted by Crippen LogP contribution is -2.08. The highest BCUT2D eigenvalue weighted by Crippen LogP contribution is 2.28. The number of hydrogen-bond donors (Lipinski definition) is 1. The van der Waals surface area contributed by atoms with E-state index in [1.54, 1.807) is 13.1 Å². The lowest BCUT2D eigenvalue weighted by Gasteiger charge is -2.13. The van der Waals surface area contributed by atoms with Crippen molar-refractivity contribution in [1.29, 1.82) is 0 Å². The van der Waals surface area contributed by atoms with E-state index in [1.165, 1.54) is 0 Å². The summed E-state index contributed by atoms with van der Waals surface area (Å²) < 4.78 is 8.65. The van der Waals surface area contributed by atoms with Crippen LogP contribution in [0.5, 0.6) is 5.75 Å². The fourth-order valence-electron chi connectivity index (χ4n) is 1.87. The van der Waals surface area contributed by atoms with Crippen LogP contribution < -0.4 is 4.74 Å². The van der Waals surface area contributed by atoms with Crippen LogP contribution in [0.2, 0.25) is 0 Å². The monoisotopic (exact) mass is 324 g/mol. The normalized spacial score (nSPS) is 12.4. The number of nitrogens with zero attached hydrogens (tertiary/aromatic N) is 2. The van der Waals surface area contributed by atoms with Gasteiger partial charge in [-0.15, -0.1) is 0 Å². The molecule has 0 aliphatic rings.